The average molecular weight is 315 g/mol. The van der Waals surface area contributed by atoms with E-state index in [2.05, 4.69) is 0 Å². The third kappa shape index (κ3) is 5.30. The fraction of sp³-hybridized carbons (Fsp3) is 0.600. The van der Waals surface area contributed by atoms with Crippen molar-refractivity contribution >= 4 is 10.0 Å². The van der Waals surface area contributed by atoms with Crippen molar-refractivity contribution in [3.05, 3.63) is 23.8 Å². The zero-order valence-corrected chi connectivity index (χ0v) is 13.9. The number of ether oxygens (including phenoxy) is 2. The lowest BCUT2D eigenvalue weighted by Crippen LogP contribution is -2.17. The summed E-state index contributed by atoms with van der Waals surface area (Å²) < 4.78 is 33.9. The molecule has 0 fully saturated rings. The summed E-state index contributed by atoms with van der Waals surface area (Å²) in [7, 11) is -2.05. The lowest BCUT2D eigenvalue weighted by molar-refractivity contribution is 0.134. The first kappa shape index (κ1) is 17.9. The maximum absolute atomic E-state index is 11.5. The SMILES string of the molecule is CCC(C)c1cc(S(N)(=O)=O)ccc1OC(C)CCOC. The molecule has 0 aliphatic rings. The van der Waals surface area contributed by atoms with Crippen LogP contribution >= 0.6 is 0 Å². The second kappa shape index (κ2) is 7.77. The molecular weight excluding hydrogens is 290 g/mol. The molecule has 1 aromatic rings. The number of nitrogens with two attached hydrogens (primary N) is 1. The summed E-state index contributed by atoms with van der Waals surface area (Å²) in [6, 6.07) is 4.78. The van der Waals surface area contributed by atoms with Gasteiger partial charge in [-0.25, -0.2) is 13.6 Å². The normalized spacial score (nSPS) is 14.7. The van der Waals surface area contributed by atoms with E-state index >= 15 is 0 Å². The van der Waals surface area contributed by atoms with Crippen molar-refractivity contribution in [2.24, 2.45) is 5.14 Å². The van der Waals surface area contributed by atoms with Crippen LogP contribution in [0.5, 0.6) is 5.75 Å². The lowest BCUT2D eigenvalue weighted by atomic mass is 9.97. The minimum absolute atomic E-state index is 0.00640. The van der Waals surface area contributed by atoms with Crippen LogP contribution in [0, 0.1) is 0 Å². The Balaban J connectivity index is 3.08. The molecule has 0 heterocycles. The molecule has 0 aliphatic heterocycles. The molecule has 0 amide bonds. The minimum Gasteiger partial charge on any atom is -0.490 e. The smallest absolute Gasteiger partial charge is 0.238 e. The Hall–Kier alpha value is -1.11. The fourth-order valence-electron chi connectivity index (χ4n) is 1.98. The molecule has 0 saturated heterocycles. The van der Waals surface area contributed by atoms with E-state index in [4.69, 9.17) is 14.6 Å². The molecule has 21 heavy (non-hydrogen) atoms. The number of rotatable bonds is 8. The van der Waals surface area contributed by atoms with Crippen molar-refractivity contribution in [2.45, 2.75) is 50.5 Å². The highest BCUT2D eigenvalue weighted by molar-refractivity contribution is 7.89. The van der Waals surface area contributed by atoms with Crippen LogP contribution in [0.1, 0.15) is 45.1 Å². The topological polar surface area (TPSA) is 78.6 Å². The molecular formula is C15H25NO4S. The van der Waals surface area contributed by atoms with Gasteiger partial charge in [0.25, 0.3) is 0 Å². The molecule has 0 bridgehead atoms. The largest absolute Gasteiger partial charge is 0.490 e. The number of hydrogen-bond acceptors (Lipinski definition) is 4. The van der Waals surface area contributed by atoms with E-state index in [1.54, 1.807) is 19.2 Å². The molecule has 0 aromatic heterocycles. The van der Waals surface area contributed by atoms with E-state index in [-0.39, 0.29) is 16.9 Å². The van der Waals surface area contributed by atoms with E-state index in [9.17, 15) is 8.42 Å². The van der Waals surface area contributed by atoms with Crippen molar-refractivity contribution < 1.29 is 17.9 Å². The summed E-state index contributed by atoms with van der Waals surface area (Å²) in [5, 5.41) is 5.20. The fourth-order valence-corrected chi connectivity index (χ4v) is 2.52. The van der Waals surface area contributed by atoms with Gasteiger partial charge in [-0.15, -0.1) is 0 Å². The lowest BCUT2D eigenvalue weighted by Gasteiger charge is -2.20. The van der Waals surface area contributed by atoms with Gasteiger partial charge in [0.1, 0.15) is 5.75 Å². The van der Waals surface area contributed by atoms with Crippen LogP contribution in [0.3, 0.4) is 0 Å². The first-order valence-electron chi connectivity index (χ1n) is 7.11. The Kier molecular flexibility index (Phi) is 6.64. The third-order valence-corrected chi connectivity index (χ3v) is 4.42. The van der Waals surface area contributed by atoms with Gasteiger partial charge in [-0.05, 0) is 43.0 Å². The third-order valence-electron chi connectivity index (χ3n) is 3.51. The summed E-state index contributed by atoms with van der Waals surface area (Å²) in [4.78, 5) is 0.120. The van der Waals surface area contributed by atoms with Crippen LogP contribution in [0.2, 0.25) is 0 Å². The van der Waals surface area contributed by atoms with Crippen molar-refractivity contribution in [3.63, 3.8) is 0 Å². The van der Waals surface area contributed by atoms with Crippen LogP contribution in [0.4, 0.5) is 0 Å². The van der Waals surface area contributed by atoms with Gasteiger partial charge in [0.05, 0.1) is 11.0 Å². The maximum Gasteiger partial charge on any atom is 0.238 e. The minimum atomic E-state index is -3.70. The van der Waals surface area contributed by atoms with E-state index in [0.717, 1.165) is 18.4 Å². The first-order chi connectivity index (χ1) is 9.79. The number of benzene rings is 1. The highest BCUT2D eigenvalue weighted by Crippen LogP contribution is 2.31. The van der Waals surface area contributed by atoms with Gasteiger partial charge in [0, 0.05) is 20.1 Å². The molecule has 0 saturated carbocycles. The predicted molar refractivity (Wildman–Crippen MR) is 83.1 cm³/mol. The van der Waals surface area contributed by atoms with Crippen molar-refractivity contribution in [2.75, 3.05) is 13.7 Å². The van der Waals surface area contributed by atoms with Crippen LogP contribution in [-0.2, 0) is 14.8 Å². The molecule has 1 rings (SSSR count). The highest BCUT2D eigenvalue weighted by Gasteiger charge is 2.17. The molecule has 0 aliphatic carbocycles. The number of methoxy groups -OCH3 is 1. The molecule has 1 aromatic carbocycles. The zero-order valence-electron chi connectivity index (χ0n) is 13.1. The van der Waals surface area contributed by atoms with Gasteiger partial charge in [0.15, 0.2) is 0 Å². The molecule has 2 atom stereocenters. The summed E-state index contributed by atoms with van der Waals surface area (Å²) >= 11 is 0. The Morgan fingerprint density at radius 3 is 2.48 bits per heavy atom. The Morgan fingerprint density at radius 1 is 1.29 bits per heavy atom. The summed E-state index contributed by atoms with van der Waals surface area (Å²) in [5.41, 5.74) is 0.869. The van der Waals surface area contributed by atoms with Gasteiger partial charge >= 0.3 is 0 Å². The number of primary sulfonamides is 1. The van der Waals surface area contributed by atoms with E-state index < -0.39 is 10.0 Å². The van der Waals surface area contributed by atoms with Gasteiger partial charge < -0.3 is 9.47 Å². The quantitative estimate of drug-likeness (QED) is 0.800. The molecule has 0 spiro atoms. The Labute approximate surface area is 127 Å². The Bertz CT molecular complexity index is 557. The van der Waals surface area contributed by atoms with E-state index in [0.29, 0.717) is 12.4 Å². The average Bonchev–Trinajstić information content (AvgIpc) is 2.43. The summed E-state index contributed by atoms with van der Waals surface area (Å²) in [5.74, 6) is 0.900. The van der Waals surface area contributed by atoms with Gasteiger partial charge in [-0.3, -0.25) is 0 Å². The van der Waals surface area contributed by atoms with Crippen LogP contribution < -0.4 is 9.88 Å². The van der Waals surface area contributed by atoms with Crippen molar-refractivity contribution in [3.8, 4) is 5.75 Å². The monoisotopic (exact) mass is 315 g/mol. The molecule has 2 N–H and O–H groups in total. The van der Waals surface area contributed by atoms with Crippen LogP contribution in [0.15, 0.2) is 23.1 Å². The van der Waals surface area contributed by atoms with Gasteiger partial charge in [-0.2, -0.15) is 0 Å². The molecule has 0 radical (unpaired) electrons. The molecule has 6 heteroatoms. The zero-order chi connectivity index (χ0) is 16.0. The Morgan fingerprint density at radius 2 is 1.95 bits per heavy atom. The first-order valence-corrected chi connectivity index (χ1v) is 8.66. The van der Waals surface area contributed by atoms with E-state index in [1.807, 2.05) is 20.8 Å². The summed E-state index contributed by atoms with van der Waals surface area (Å²) in [6.07, 6.45) is 1.65. The maximum atomic E-state index is 11.5. The second-order valence-electron chi connectivity index (χ2n) is 5.26. The standard InChI is InChI=1S/C15H25NO4S/c1-5-11(2)14-10-13(21(16,17)18)6-7-15(14)20-12(3)8-9-19-4/h6-7,10-12H,5,8-9H2,1-4H3,(H2,16,17,18). The van der Waals surface area contributed by atoms with Crippen molar-refractivity contribution in [1.82, 2.24) is 0 Å². The van der Waals surface area contributed by atoms with E-state index in [1.165, 1.54) is 6.07 Å². The second-order valence-corrected chi connectivity index (χ2v) is 6.83. The molecule has 120 valence electrons. The number of sulfonamides is 1. The van der Waals surface area contributed by atoms with Crippen LogP contribution in [0.25, 0.3) is 0 Å². The van der Waals surface area contributed by atoms with Crippen LogP contribution in [-0.4, -0.2) is 28.2 Å². The predicted octanol–water partition coefficient (Wildman–Crippen LogP) is 2.65. The van der Waals surface area contributed by atoms with Gasteiger partial charge in [0.2, 0.25) is 10.0 Å². The molecule has 5 nitrogen and oxygen atoms in total. The van der Waals surface area contributed by atoms with Gasteiger partial charge in [-0.1, -0.05) is 13.8 Å². The number of hydrogen-bond donors (Lipinski definition) is 1. The molecule has 2 unspecified atom stereocenters. The highest BCUT2D eigenvalue weighted by atomic mass is 32.2. The van der Waals surface area contributed by atoms with Crippen molar-refractivity contribution in [1.29, 1.82) is 0 Å². The summed E-state index contributed by atoms with van der Waals surface area (Å²) in [6.45, 7) is 6.67.